The van der Waals surface area contributed by atoms with E-state index < -0.39 is 23.1 Å². The Morgan fingerprint density at radius 2 is 1.86 bits per heavy atom. The van der Waals surface area contributed by atoms with Crippen LogP contribution in [0.3, 0.4) is 0 Å². The van der Waals surface area contributed by atoms with Crippen LogP contribution in [0, 0.1) is 5.41 Å². The van der Waals surface area contributed by atoms with Crippen molar-refractivity contribution in [2.75, 3.05) is 12.4 Å². The Morgan fingerprint density at radius 3 is 2.46 bits per heavy atom. The maximum Gasteiger partial charge on any atom is 0.418 e. The molecule has 0 aliphatic heterocycles. The zero-order valence-corrected chi connectivity index (χ0v) is 15.8. The van der Waals surface area contributed by atoms with Crippen LogP contribution in [0.4, 0.5) is 18.9 Å². The van der Waals surface area contributed by atoms with E-state index >= 15 is 0 Å². The van der Waals surface area contributed by atoms with Crippen LogP contribution in [0.25, 0.3) is 16.9 Å². The predicted molar refractivity (Wildman–Crippen MR) is 98.1 cm³/mol. The molecule has 0 saturated heterocycles. The van der Waals surface area contributed by atoms with E-state index in [1.807, 2.05) is 0 Å². The van der Waals surface area contributed by atoms with E-state index in [1.54, 1.807) is 39.1 Å². The van der Waals surface area contributed by atoms with Crippen molar-refractivity contribution < 1.29 is 22.7 Å². The standard InChI is InChI=1S/C19H19F3N4O2/c1-18(2,3)17(27)24-13-9-11(5-6-12(13)19(20,21)22)14-10-26-15(23-14)7-8-16(25-26)28-4/h5-10H,1-4H3,(H,24,27). The lowest BCUT2D eigenvalue weighted by atomic mass is 9.95. The van der Waals surface area contributed by atoms with E-state index in [1.165, 1.54) is 23.8 Å². The summed E-state index contributed by atoms with van der Waals surface area (Å²) in [6.45, 7) is 4.88. The van der Waals surface area contributed by atoms with E-state index in [0.29, 0.717) is 22.8 Å². The van der Waals surface area contributed by atoms with Gasteiger partial charge in [0.1, 0.15) is 0 Å². The monoisotopic (exact) mass is 392 g/mol. The Labute approximate surface area is 159 Å². The first-order valence-corrected chi connectivity index (χ1v) is 8.42. The van der Waals surface area contributed by atoms with Gasteiger partial charge in [-0.25, -0.2) is 9.50 Å². The Morgan fingerprint density at radius 1 is 1.14 bits per heavy atom. The van der Waals surface area contributed by atoms with Crippen molar-refractivity contribution in [1.82, 2.24) is 14.6 Å². The highest BCUT2D eigenvalue weighted by Gasteiger charge is 2.35. The number of hydrogen-bond donors (Lipinski definition) is 1. The van der Waals surface area contributed by atoms with Gasteiger partial charge in [-0.2, -0.15) is 13.2 Å². The lowest BCUT2D eigenvalue weighted by Gasteiger charge is -2.20. The first-order valence-electron chi connectivity index (χ1n) is 8.42. The van der Waals surface area contributed by atoms with E-state index in [-0.39, 0.29) is 5.69 Å². The number of anilines is 1. The molecule has 0 aliphatic rings. The molecule has 1 N–H and O–H groups in total. The number of carbonyl (C=O) groups excluding carboxylic acids is 1. The molecule has 3 aromatic rings. The molecular formula is C19H19F3N4O2. The smallest absolute Gasteiger partial charge is 0.418 e. The number of nitrogens with zero attached hydrogens (tertiary/aromatic N) is 3. The van der Waals surface area contributed by atoms with Crippen molar-refractivity contribution in [3.05, 3.63) is 42.1 Å². The minimum Gasteiger partial charge on any atom is -0.480 e. The van der Waals surface area contributed by atoms with Gasteiger partial charge in [0.25, 0.3) is 0 Å². The first kappa shape index (κ1) is 19.7. The van der Waals surface area contributed by atoms with E-state index in [2.05, 4.69) is 15.4 Å². The molecule has 0 radical (unpaired) electrons. The highest BCUT2D eigenvalue weighted by Crippen LogP contribution is 2.37. The fourth-order valence-corrected chi connectivity index (χ4v) is 2.48. The molecular weight excluding hydrogens is 373 g/mol. The Hall–Kier alpha value is -3.10. The SMILES string of the molecule is COc1ccc2nc(-c3ccc(C(F)(F)F)c(NC(=O)C(C)(C)C)c3)cn2n1. The number of nitrogens with one attached hydrogen (secondary N) is 1. The third-order valence-electron chi connectivity index (χ3n) is 4.05. The summed E-state index contributed by atoms with van der Waals surface area (Å²) in [4.78, 5) is 16.6. The number of alkyl halides is 3. The van der Waals surface area contributed by atoms with Gasteiger partial charge < -0.3 is 10.1 Å². The normalized spacial score (nSPS) is 12.2. The number of ether oxygens (including phenoxy) is 1. The molecule has 6 nitrogen and oxygen atoms in total. The third-order valence-corrected chi connectivity index (χ3v) is 4.05. The number of methoxy groups -OCH3 is 1. The van der Waals surface area contributed by atoms with Gasteiger partial charge in [0, 0.05) is 17.0 Å². The second-order valence-corrected chi connectivity index (χ2v) is 7.27. The minimum absolute atomic E-state index is 0.312. The maximum atomic E-state index is 13.4. The molecule has 9 heteroatoms. The Kier molecular flexibility index (Phi) is 4.78. The summed E-state index contributed by atoms with van der Waals surface area (Å²) in [5, 5.41) is 6.57. The molecule has 28 heavy (non-hydrogen) atoms. The van der Waals surface area contributed by atoms with E-state index in [4.69, 9.17) is 4.74 Å². The summed E-state index contributed by atoms with van der Waals surface area (Å²) < 4.78 is 46.7. The molecule has 0 spiro atoms. The van der Waals surface area contributed by atoms with Crippen molar-refractivity contribution in [1.29, 1.82) is 0 Å². The third kappa shape index (κ3) is 3.92. The van der Waals surface area contributed by atoms with Crippen molar-refractivity contribution in [3.63, 3.8) is 0 Å². The van der Waals surface area contributed by atoms with Crippen LogP contribution in [0.5, 0.6) is 5.88 Å². The van der Waals surface area contributed by atoms with Gasteiger partial charge in [-0.3, -0.25) is 4.79 Å². The van der Waals surface area contributed by atoms with Crippen molar-refractivity contribution in [2.45, 2.75) is 26.9 Å². The summed E-state index contributed by atoms with van der Waals surface area (Å²) >= 11 is 0. The zero-order chi connectivity index (χ0) is 20.7. The van der Waals surface area contributed by atoms with Gasteiger partial charge in [-0.1, -0.05) is 26.8 Å². The summed E-state index contributed by atoms with van der Waals surface area (Å²) in [6.07, 6.45) is -3.03. The fourth-order valence-electron chi connectivity index (χ4n) is 2.48. The molecule has 2 heterocycles. The second-order valence-electron chi connectivity index (χ2n) is 7.27. The topological polar surface area (TPSA) is 68.5 Å². The van der Waals surface area contributed by atoms with E-state index in [0.717, 1.165) is 6.07 Å². The molecule has 0 aliphatic carbocycles. The van der Waals surface area contributed by atoms with E-state index in [9.17, 15) is 18.0 Å². The molecule has 148 valence electrons. The van der Waals surface area contributed by atoms with Gasteiger partial charge in [-0.05, 0) is 18.2 Å². The van der Waals surface area contributed by atoms with Crippen LogP contribution in [0.15, 0.2) is 36.5 Å². The predicted octanol–water partition coefficient (Wildman–Crippen LogP) is 4.41. The van der Waals surface area contributed by atoms with Crippen LogP contribution in [0.1, 0.15) is 26.3 Å². The maximum absolute atomic E-state index is 13.4. The van der Waals surface area contributed by atoms with Gasteiger partial charge in [0.15, 0.2) is 5.65 Å². The first-order chi connectivity index (χ1) is 13.0. The number of benzene rings is 1. The summed E-state index contributed by atoms with van der Waals surface area (Å²) in [6, 6.07) is 6.83. The summed E-state index contributed by atoms with van der Waals surface area (Å²) in [7, 11) is 1.48. The Bertz CT molecular complexity index is 1040. The number of amides is 1. The van der Waals surface area contributed by atoms with Crippen LogP contribution in [0.2, 0.25) is 0 Å². The number of carbonyl (C=O) groups is 1. The number of halogens is 3. The molecule has 2 aromatic heterocycles. The van der Waals surface area contributed by atoms with Crippen molar-refractivity contribution in [3.8, 4) is 17.1 Å². The number of aromatic nitrogens is 3. The number of hydrogen-bond acceptors (Lipinski definition) is 4. The highest BCUT2D eigenvalue weighted by atomic mass is 19.4. The minimum atomic E-state index is -4.60. The van der Waals surface area contributed by atoms with Crippen LogP contribution >= 0.6 is 0 Å². The largest absolute Gasteiger partial charge is 0.480 e. The number of rotatable bonds is 3. The molecule has 1 aromatic carbocycles. The molecule has 0 atom stereocenters. The average molecular weight is 392 g/mol. The van der Waals surface area contributed by atoms with Gasteiger partial charge >= 0.3 is 6.18 Å². The highest BCUT2D eigenvalue weighted by molar-refractivity contribution is 5.96. The second kappa shape index (κ2) is 6.81. The van der Waals surface area contributed by atoms with Crippen LogP contribution in [-0.2, 0) is 11.0 Å². The fraction of sp³-hybridized carbons (Fsp3) is 0.316. The molecule has 1 amide bonds. The molecule has 3 rings (SSSR count). The van der Waals surface area contributed by atoms with Gasteiger partial charge in [0.2, 0.25) is 11.8 Å². The molecule has 0 bridgehead atoms. The molecule has 0 fully saturated rings. The zero-order valence-electron chi connectivity index (χ0n) is 15.8. The Balaban J connectivity index is 2.07. The van der Waals surface area contributed by atoms with Crippen molar-refractivity contribution in [2.24, 2.45) is 5.41 Å². The lowest BCUT2D eigenvalue weighted by Crippen LogP contribution is -2.28. The molecule has 0 saturated carbocycles. The summed E-state index contributed by atoms with van der Waals surface area (Å²) in [5.74, 6) is -0.140. The van der Waals surface area contributed by atoms with Gasteiger partial charge in [0.05, 0.1) is 30.3 Å². The van der Waals surface area contributed by atoms with Crippen LogP contribution < -0.4 is 10.1 Å². The molecule has 0 unspecified atom stereocenters. The van der Waals surface area contributed by atoms with Crippen LogP contribution in [-0.4, -0.2) is 27.6 Å². The summed E-state index contributed by atoms with van der Waals surface area (Å²) in [5.41, 5.74) is -0.731. The number of imidazole rings is 1. The average Bonchev–Trinajstić information content (AvgIpc) is 3.02. The quantitative estimate of drug-likeness (QED) is 0.717. The number of fused-ring (bicyclic) bond motifs is 1. The van der Waals surface area contributed by atoms with Crippen molar-refractivity contribution >= 4 is 17.2 Å². The lowest BCUT2D eigenvalue weighted by molar-refractivity contribution is -0.137. The van der Waals surface area contributed by atoms with Gasteiger partial charge in [-0.15, -0.1) is 5.10 Å².